The fraction of sp³-hybridized carbons (Fsp3) is 0.688. The summed E-state index contributed by atoms with van der Waals surface area (Å²) in [5.41, 5.74) is 0.681. The average Bonchev–Trinajstić information content (AvgIpc) is 2.92. The van der Waals surface area contributed by atoms with Crippen LogP contribution in [0.3, 0.4) is 0 Å². The molecule has 1 N–H and O–H groups in total. The maximum Gasteiger partial charge on any atom is 0.270 e. The molecule has 0 spiro atoms. The van der Waals surface area contributed by atoms with Crippen LogP contribution in [0.2, 0.25) is 0 Å². The number of halogens is 1. The Morgan fingerprint density at radius 1 is 1.48 bits per heavy atom. The summed E-state index contributed by atoms with van der Waals surface area (Å²) in [6, 6.07) is 1.85. The van der Waals surface area contributed by atoms with Gasteiger partial charge in [-0.3, -0.25) is 4.79 Å². The third-order valence-corrected chi connectivity index (χ3v) is 4.70. The summed E-state index contributed by atoms with van der Waals surface area (Å²) >= 11 is 3.37. The van der Waals surface area contributed by atoms with Gasteiger partial charge in [0.25, 0.3) is 5.91 Å². The summed E-state index contributed by atoms with van der Waals surface area (Å²) in [7, 11) is 2.21. The van der Waals surface area contributed by atoms with Gasteiger partial charge in [-0.1, -0.05) is 13.3 Å². The molecular formula is C16H26BrN3O. The van der Waals surface area contributed by atoms with Crippen LogP contribution in [0.25, 0.3) is 0 Å². The molecule has 1 fully saturated rings. The number of carbonyl (C=O) groups is 1. The molecule has 1 aliphatic rings. The smallest absolute Gasteiger partial charge is 0.270 e. The lowest BCUT2D eigenvalue weighted by atomic mass is 9.96. The number of likely N-dealkylation sites (tertiary alicyclic amines) is 1. The van der Waals surface area contributed by atoms with Crippen molar-refractivity contribution in [2.75, 3.05) is 33.2 Å². The van der Waals surface area contributed by atoms with E-state index in [-0.39, 0.29) is 5.91 Å². The number of hydrogen-bond acceptors (Lipinski definition) is 2. The number of unbranched alkanes of at least 4 members (excludes halogenated alkanes) is 1. The Labute approximate surface area is 136 Å². The maximum absolute atomic E-state index is 12.3. The van der Waals surface area contributed by atoms with Gasteiger partial charge in [-0.05, 0) is 60.8 Å². The molecular weight excluding hydrogens is 330 g/mol. The SMILES string of the molecule is CCCCN(C)CC1CCN(C(=O)c2cc(Br)c[nH]2)CC1. The van der Waals surface area contributed by atoms with Crippen LogP contribution in [0.1, 0.15) is 43.1 Å². The van der Waals surface area contributed by atoms with Crippen molar-refractivity contribution in [1.82, 2.24) is 14.8 Å². The number of hydrogen-bond donors (Lipinski definition) is 1. The fourth-order valence-corrected chi connectivity index (χ4v) is 3.28. The van der Waals surface area contributed by atoms with E-state index in [9.17, 15) is 4.79 Å². The molecule has 0 bridgehead atoms. The van der Waals surface area contributed by atoms with Crippen molar-refractivity contribution in [2.45, 2.75) is 32.6 Å². The van der Waals surface area contributed by atoms with Gasteiger partial charge in [0.1, 0.15) is 5.69 Å². The second-order valence-corrected chi connectivity index (χ2v) is 7.00. The van der Waals surface area contributed by atoms with E-state index >= 15 is 0 Å². The van der Waals surface area contributed by atoms with Gasteiger partial charge in [0.05, 0.1) is 0 Å². The highest BCUT2D eigenvalue weighted by molar-refractivity contribution is 9.10. The number of carbonyl (C=O) groups excluding carboxylic acids is 1. The predicted octanol–water partition coefficient (Wildman–Crippen LogP) is 3.36. The number of nitrogens with zero attached hydrogens (tertiary/aromatic N) is 2. The molecule has 1 aromatic heterocycles. The number of amides is 1. The van der Waals surface area contributed by atoms with Crippen molar-refractivity contribution in [3.63, 3.8) is 0 Å². The molecule has 0 unspecified atom stereocenters. The van der Waals surface area contributed by atoms with Gasteiger partial charge in [-0.25, -0.2) is 0 Å². The van der Waals surface area contributed by atoms with Gasteiger partial charge in [0.15, 0.2) is 0 Å². The van der Waals surface area contributed by atoms with E-state index in [0.717, 1.165) is 42.9 Å². The first-order valence-corrected chi connectivity index (χ1v) is 8.71. The fourth-order valence-electron chi connectivity index (χ4n) is 2.94. The third kappa shape index (κ3) is 4.85. The molecule has 1 aromatic rings. The van der Waals surface area contributed by atoms with Crippen LogP contribution in [0.15, 0.2) is 16.7 Å². The minimum absolute atomic E-state index is 0.124. The summed E-state index contributed by atoms with van der Waals surface area (Å²) in [4.78, 5) is 19.8. The molecule has 1 saturated heterocycles. The second-order valence-electron chi connectivity index (χ2n) is 6.08. The Hall–Kier alpha value is -0.810. The zero-order valence-corrected chi connectivity index (χ0v) is 14.7. The molecule has 0 atom stereocenters. The van der Waals surface area contributed by atoms with Gasteiger partial charge in [-0.2, -0.15) is 0 Å². The van der Waals surface area contributed by atoms with Gasteiger partial charge < -0.3 is 14.8 Å². The monoisotopic (exact) mass is 355 g/mol. The van der Waals surface area contributed by atoms with Gasteiger partial charge in [-0.15, -0.1) is 0 Å². The molecule has 0 aliphatic carbocycles. The van der Waals surface area contributed by atoms with E-state index in [1.165, 1.54) is 19.4 Å². The lowest BCUT2D eigenvalue weighted by Crippen LogP contribution is -2.41. The largest absolute Gasteiger partial charge is 0.356 e. The van der Waals surface area contributed by atoms with Crippen molar-refractivity contribution < 1.29 is 4.79 Å². The van der Waals surface area contributed by atoms with E-state index in [1.807, 2.05) is 17.2 Å². The molecule has 0 aromatic carbocycles. The minimum Gasteiger partial charge on any atom is -0.356 e. The molecule has 2 heterocycles. The minimum atomic E-state index is 0.124. The zero-order valence-electron chi connectivity index (χ0n) is 13.1. The quantitative estimate of drug-likeness (QED) is 0.849. The van der Waals surface area contributed by atoms with Crippen molar-refractivity contribution in [1.29, 1.82) is 0 Å². The standard InChI is InChI=1S/C16H26BrN3O/c1-3-4-7-19(2)12-13-5-8-20(9-6-13)16(21)15-10-14(17)11-18-15/h10-11,13,18H,3-9,12H2,1-2H3. The first-order valence-electron chi connectivity index (χ1n) is 7.92. The first-order chi connectivity index (χ1) is 10.1. The van der Waals surface area contributed by atoms with Crippen LogP contribution >= 0.6 is 15.9 Å². The van der Waals surface area contributed by atoms with E-state index in [4.69, 9.17) is 0 Å². The van der Waals surface area contributed by atoms with Crippen molar-refractivity contribution in [3.05, 3.63) is 22.4 Å². The van der Waals surface area contributed by atoms with Crippen LogP contribution in [-0.4, -0.2) is 53.9 Å². The highest BCUT2D eigenvalue weighted by Gasteiger charge is 2.24. The van der Waals surface area contributed by atoms with Crippen LogP contribution in [0.5, 0.6) is 0 Å². The Morgan fingerprint density at radius 3 is 2.76 bits per heavy atom. The van der Waals surface area contributed by atoms with Gasteiger partial charge >= 0.3 is 0 Å². The third-order valence-electron chi connectivity index (χ3n) is 4.24. The molecule has 4 nitrogen and oxygen atoms in total. The lowest BCUT2D eigenvalue weighted by Gasteiger charge is -2.33. The Balaban J connectivity index is 1.76. The highest BCUT2D eigenvalue weighted by atomic mass is 79.9. The van der Waals surface area contributed by atoms with Crippen molar-refractivity contribution in [3.8, 4) is 0 Å². The van der Waals surface area contributed by atoms with Crippen molar-refractivity contribution >= 4 is 21.8 Å². The molecule has 118 valence electrons. The number of rotatable bonds is 6. The number of H-pyrrole nitrogens is 1. The van der Waals surface area contributed by atoms with Gasteiger partial charge in [0, 0.05) is 30.3 Å². The van der Waals surface area contributed by atoms with Crippen LogP contribution in [0.4, 0.5) is 0 Å². The topological polar surface area (TPSA) is 39.3 Å². The lowest BCUT2D eigenvalue weighted by molar-refractivity contribution is 0.0668. The number of piperidine rings is 1. The Kier molecular flexibility index (Phi) is 6.30. The van der Waals surface area contributed by atoms with Crippen LogP contribution in [0, 0.1) is 5.92 Å². The van der Waals surface area contributed by atoms with E-state index in [1.54, 1.807) is 0 Å². The number of nitrogens with one attached hydrogen (secondary N) is 1. The molecule has 21 heavy (non-hydrogen) atoms. The average molecular weight is 356 g/mol. The van der Waals surface area contributed by atoms with E-state index in [2.05, 4.69) is 39.8 Å². The first kappa shape index (κ1) is 16.6. The summed E-state index contributed by atoms with van der Waals surface area (Å²) in [6.45, 7) is 6.34. The molecule has 5 heteroatoms. The summed E-state index contributed by atoms with van der Waals surface area (Å²) in [6.07, 6.45) is 6.56. The highest BCUT2D eigenvalue weighted by Crippen LogP contribution is 2.20. The summed E-state index contributed by atoms with van der Waals surface area (Å²) < 4.78 is 0.929. The molecule has 1 aliphatic heterocycles. The summed E-state index contributed by atoms with van der Waals surface area (Å²) in [5, 5.41) is 0. The molecule has 1 amide bonds. The molecule has 2 rings (SSSR count). The number of aromatic nitrogens is 1. The Morgan fingerprint density at radius 2 is 2.19 bits per heavy atom. The summed E-state index contributed by atoms with van der Waals surface area (Å²) in [5.74, 6) is 0.852. The second kappa shape index (κ2) is 7.99. The predicted molar refractivity (Wildman–Crippen MR) is 89.5 cm³/mol. The molecule has 0 saturated carbocycles. The molecule has 0 radical (unpaired) electrons. The normalized spacial score (nSPS) is 16.7. The van der Waals surface area contributed by atoms with Gasteiger partial charge in [0.2, 0.25) is 0 Å². The number of aromatic amines is 1. The van der Waals surface area contributed by atoms with Crippen LogP contribution in [-0.2, 0) is 0 Å². The zero-order chi connectivity index (χ0) is 15.2. The van der Waals surface area contributed by atoms with E-state index in [0.29, 0.717) is 5.69 Å². The Bertz CT molecular complexity index is 452. The maximum atomic E-state index is 12.3. The van der Waals surface area contributed by atoms with Crippen LogP contribution < -0.4 is 0 Å². The van der Waals surface area contributed by atoms with Crippen molar-refractivity contribution in [2.24, 2.45) is 5.92 Å². The van der Waals surface area contributed by atoms with E-state index < -0.39 is 0 Å².